The minimum Gasteiger partial charge on any atom is -0.278 e. The molecule has 0 saturated carbocycles. The van der Waals surface area contributed by atoms with Gasteiger partial charge in [-0.3, -0.25) is 5.43 Å². The summed E-state index contributed by atoms with van der Waals surface area (Å²) in [4.78, 5) is 0. The van der Waals surface area contributed by atoms with Crippen LogP contribution in [0.4, 0.5) is 18.9 Å². The summed E-state index contributed by atoms with van der Waals surface area (Å²) in [6.45, 7) is 0. The molecule has 2 nitrogen and oxygen atoms in total. The van der Waals surface area contributed by atoms with E-state index in [1.54, 1.807) is 0 Å². The van der Waals surface area contributed by atoms with Gasteiger partial charge in [0, 0.05) is 5.56 Å². The van der Waals surface area contributed by atoms with Gasteiger partial charge in [0.2, 0.25) is 0 Å². The van der Waals surface area contributed by atoms with E-state index in [1.807, 2.05) is 16.8 Å². The van der Waals surface area contributed by atoms with Crippen molar-refractivity contribution in [2.75, 3.05) is 5.43 Å². The fraction of sp³-hybridized carbons (Fsp3) is 0.0833. The van der Waals surface area contributed by atoms with Gasteiger partial charge in [-0.25, -0.2) is 0 Å². The van der Waals surface area contributed by atoms with E-state index >= 15 is 0 Å². The van der Waals surface area contributed by atoms with E-state index in [2.05, 4.69) is 10.5 Å². The summed E-state index contributed by atoms with van der Waals surface area (Å²) in [5, 5.41) is 7.50. The number of hydrogen-bond acceptors (Lipinski definition) is 3. The van der Waals surface area contributed by atoms with Gasteiger partial charge in [-0.15, -0.1) is 0 Å². The number of para-hydroxylation sites is 1. The van der Waals surface area contributed by atoms with Crippen LogP contribution in [0.3, 0.4) is 0 Å². The molecule has 0 spiro atoms. The number of hydrazone groups is 1. The Kier molecular flexibility index (Phi) is 3.66. The number of anilines is 1. The summed E-state index contributed by atoms with van der Waals surface area (Å²) in [5.74, 6) is 0. The first kappa shape index (κ1) is 12.6. The molecule has 1 N–H and O–H groups in total. The average Bonchev–Trinajstić information content (AvgIpc) is 2.81. The van der Waals surface area contributed by atoms with Crippen molar-refractivity contribution < 1.29 is 13.2 Å². The molecule has 0 unspecified atom stereocenters. The molecule has 1 aromatic carbocycles. The maximum atomic E-state index is 12.7. The number of nitrogens with one attached hydrogen (secondary N) is 1. The van der Waals surface area contributed by atoms with Crippen molar-refractivity contribution >= 4 is 23.2 Å². The topological polar surface area (TPSA) is 24.4 Å². The summed E-state index contributed by atoms with van der Waals surface area (Å²) >= 11 is 1.49. The lowest BCUT2D eigenvalue weighted by atomic mass is 10.2. The first-order valence-corrected chi connectivity index (χ1v) is 5.99. The Hall–Kier alpha value is -1.82. The molecule has 1 aromatic heterocycles. The number of halogens is 3. The molecule has 0 aliphatic carbocycles. The van der Waals surface area contributed by atoms with Crippen LogP contribution < -0.4 is 5.43 Å². The molecule has 0 atom stereocenters. The summed E-state index contributed by atoms with van der Waals surface area (Å²) in [6.07, 6.45) is -2.91. The van der Waals surface area contributed by atoms with Crippen molar-refractivity contribution in [2.24, 2.45) is 5.10 Å². The Morgan fingerprint density at radius 2 is 1.94 bits per heavy atom. The van der Waals surface area contributed by atoms with E-state index in [-0.39, 0.29) is 5.69 Å². The van der Waals surface area contributed by atoms with Crippen molar-refractivity contribution in [3.05, 3.63) is 52.2 Å². The monoisotopic (exact) mass is 270 g/mol. The van der Waals surface area contributed by atoms with Crippen LogP contribution in [0.1, 0.15) is 11.1 Å². The third-order valence-corrected chi connectivity index (χ3v) is 2.88. The van der Waals surface area contributed by atoms with Crippen LogP contribution in [-0.2, 0) is 6.18 Å². The summed E-state index contributed by atoms with van der Waals surface area (Å²) in [6, 6.07) is 7.05. The van der Waals surface area contributed by atoms with E-state index in [1.165, 1.54) is 35.8 Å². The zero-order valence-electron chi connectivity index (χ0n) is 9.11. The van der Waals surface area contributed by atoms with Crippen molar-refractivity contribution in [3.8, 4) is 0 Å². The lowest BCUT2D eigenvalue weighted by Crippen LogP contribution is -2.08. The molecule has 0 radical (unpaired) electrons. The van der Waals surface area contributed by atoms with Crippen LogP contribution in [0, 0.1) is 0 Å². The third-order valence-electron chi connectivity index (χ3n) is 2.17. The highest BCUT2D eigenvalue weighted by atomic mass is 32.1. The predicted molar refractivity (Wildman–Crippen MR) is 67.0 cm³/mol. The molecule has 0 bridgehead atoms. The zero-order chi connectivity index (χ0) is 13.0. The molecular weight excluding hydrogens is 261 g/mol. The third kappa shape index (κ3) is 3.10. The largest absolute Gasteiger partial charge is 0.418 e. The van der Waals surface area contributed by atoms with Crippen LogP contribution in [0.25, 0.3) is 0 Å². The summed E-state index contributed by atoms with van der Waals surface area (Å²) < 4.78 is 38.0. The molecule has 1 heterocycles. The maximum absolute atomic E-state index is 12.7. The first-order valence-electron chi connectivity index (χ1n) is 5.05. The summed E-state index contributed by atoms with van der Waals surface area (Å²) in [7, 11) is 0. The number of rotatable bonds is 3. The van der Waals surface area contributed by atoms with Gasteiger partial charge in [-0.1, -0.05) is 12.1 Å². The Morgan fingerprint density at radius 1 is 1.17 bits per heavy atom. The van der Waals surface area contributed by atoms with E-state index < -0.39 is 11.7 Å². The number of hydrogen-bond donors (Lipinski definition) is 1. The highest BCUT2D eigenvalue weighted by Crippen LogP contribution is 2.34. The number of thiophene rings is 1. The van der Waals surface area contributed by atoms with Crippen molar-refractivity contribution in [1.82, 2.24) is 0 Å². The fourth-order valence-corrected chi connectivity index (χ4v) is 1.96. The van der Waals surface area contributed by atoms with Crippen LogP contribution >= 0.6 is 11.3 Å². The van der Waals surface area contributed by atoms with Crippen LogP contribution in [0.15, 0.2) is 46.2 Å². The Morgan fingerprint density at radius 3 is 2.61 bits per heavy atom. The highest BCUT2D eigenvalue weighted by molar-refractivity contribution is 7.08. The van der Waals surface area contributed by atoms with Gasteiger partial charge < -0.3 is 0 Å². The van der Waals surface area contributed by atoms with Crippen LogP contribution in [0.5, 0.6) is 0 Å². The fourth-order valence-electron chi connectivity index (χ4n) is 1.35. The molecule has 6 heteroatoms. The molecule has 2 rings (SSSR count). The molecule has 0 saturated heterocycles. The lowest BCUT2D eigenvalue weighted by molar-refractivity contribution is -0.136. The molecule has 0 amide bonds. The molecular formula is C12H9F3N2S. The number of benzene rings is 1. The second-order valence-corrected chi connectivity index (χ2v) is 4.25. The van der Waals surface area contributed by atoms with Crippen molar-refractivity contribution in [2.45, 2.75) is 6.18 Å². The minimum atomic E-state index is -4.39. The molecule has 0 fully saturated rings. The molecule has 18 heavy (non-hydrogen) atoms. The van der Waals surface area contributed by atoms with Gasteiger partial charge in [0.25, 0.3) is 0 Å². The normalized spacial score (nSPS) is 11.9. The van der Waals surface area contributed by atoms with E-state index in [0.717, 1.165) is 11.6 Å². The molecule has 0 aliphatic rings. The first-order chi connectivity index (χ1) is 8.57. The minimum absolute atomic E-state index is 0.0588. The molecule has 0 aliphatic heterocycles. The van der Waals surface area contributed by atoms with E-state index in [4.69, 9.17) is 0 Å². The number of alkyl halides is 3. The van der Waals surface area contributed by atoms with Gasteiger partial charge in [0.15, 0.2) is 0 Å². The highest BCUT2D eigenvalue weighted by Gasteiger charge is 2.33. The molecule has 94 valence electrons. The Balaban J connectivity index is 2.15. The van der Waals surface area contributed by atoms with Gasteiger partial charge in [0.05, 0.1) is 17.5 Å². The standard InChI is InChI=1S/C12H9F3N2S/c13-12(14,15)10-3-1-2-4-11(10)17-16-7-9-5-6-18-8-9/h1-8,17H/b16-7-. The SMILES string of the molecule is FC(F)(F)c1ccccc1N/N=C\c1ccsc1. The van der Waals surface area contributed by atoms with Crippen LogP contribution in [0.2, 0.25) is 0 Å². The maximum Gasteiger partial charge on any atom is 0.418 e. The van der Waals surface area contributed by atoms with E-state index in [0.29, 0.717) is 0 Å². The Bertz CT molecular complexity index is 533. The van der Waals surface area contributed by atoms with Gasteiger partial charge in [0.1, 0.15) is 0 Å². The number of nitrogens with zero attached hydrogens (tertiary/aromatic N) is 1. The molecule has 2 aromatic rings. The quantitative estimate of drug-likeness (QED) is 0.655. The smallest absolute Gasteiger partial charge is 0.278 e. The van der Waals surface area contributed by atoms with Crippen molar-refractivity contribution in [3.63, 3.8) is 0 Å². The average molecular weight is 270 g/mol. The van der Waals surface area contributed by atoms with Gasteiger partial charge >= 0.3 is 6.18 Å². The summed E-state index contributed by atoms with van der Waals surface area (Å²) in [5.41, 5.74) is 2.47. The van der Waals surface area contributed by atoms with Gasteiger partial charge in [-0.2, -0.15) is 29.6 Å². The Labute approximate surface area is 106 Å². The second kappa shape index (κ2) is 5.22. The van der Waals surface area contributed by atoms with Gasteiger partial charge in [-0.05, 0) is 29.0 Å². The van der Waals surface area contributed by atoms with Crippen molar-refractivity contribution in [1.29, 1.82) is 0 Å². The lowest BCUT2D eigenvalue weighted by Gasteiger charge is -2.11. The zero-order valence-corrected chi connectivity index (χ0v) is 9.92. The second-order valence-electron chi connectivity index (χ2n) is 3.47. The predicted octanol–water partition coefficient (Wildman–Crippen LogP) is 4.21. The van der Waals surface area contributed by atoms with E-state index in [9.17, 15) is 13.2 Å². The van der Waals surface area contributed by atoms with Crippen LogP contribution in [-0.4, -0.2) is 6.21 Å².